The van der Waals surface area contributed by atoms with Crippen LogP contribution in [-0.4, -0.2) is 62.7 Å². The van der Waals surface area contributed by atoms with Gasteiger partial charge in [0, 0.05) is 6.54 Å². The van der Waals surface area contributed by atoms with Crippen molar-refractivity contribution in [3.05, 3.63) is 24.0 Å². The van der Waals surface area contributed by atoms with Crippen molar-refractivity contribution in [2.75, 3.05) is 27.7 Å². The molecule has 0 saturated carbocycles. The highest BCUT2D eigenvalue weighted by Crippen LogP contribution is 2.27. The Kier molecular flexibility index (Phi) is 4.13. The average Bonchev–Trinajstić information content (AvgIpc) is 3.04. The summed E-state index contributed by atoms with van der Waals surface area (Å²) >= 11 is 0. The summed E-state index contributed by atoms with van der Waals surface area (Å²) in [6.45, 7) is 1.46. The number of hydrogen-bond donors (Lipinski definition) is 2. The lowest BCUT2D eigenvalue weighted by molar-refractivity contribution is 0.191. The Morgan fingerprint density at radius 2 is 2.32 bits per heavy atom. The smallest absolute Gasteiger partial charge is 0.163 e. The van der Waals surface area contributed by atoms with Gasteiger partial charge in [-0.25, -0.2) is 4.98 Å². The molecule has 0 fully saturated rings. The van der Waals surface area contributed by atoms with Gasteiger partial charge in [-0.05, 0) is 14.1 Å². The van der Waals surface area contributed by atoms with E-state index in [1.807, 2.05) is 19.0 Å². The number of hydrogen-bond acceptors (Lipinski definition) is 6. The van der Waals surface area contributed by atoms with E-state index in [2.05, 4.69) is 20.3 Å². The first kappa shape index (κ1) is 13.5. The molecule has 8 nitrogen and oxygen atoms in total. The lowest BCUT2D eigenvalue weighted by atomic mass is 10.2. The molecule has 2 rings (SSSR count). The minimum absolute atomic E-state index is 0.366. The predicted octanol–water partition coefficient (Wildman–Crippen LogP) is -0.347. The Labute approximate surface area is 111 Å². The molecule has 0 amide bonds. The number of H-pyrrole nitrogens is 1. The third kappa shape index (κ3) is 2.91. The van der Waals surface area contributed by atoms with Crippen LogP contribution >= 0.6 is 0 Å². The second kappa shape index (κ2) is 5.81. The van der Waals surface area contributed by atoms with Crippen LogP contribution in [0.1, 0.15) is 17.6 Å². The van der Waals surface area contributed by atoms with E-state index in [-0.39, 0.29) is 0 Å². The largest absolute Gasteiger partial charge is 0.493 e. The number of ether oxygens (including phenoxy) is 1. The molecule has 1 atom stereocenters. The Morgan fingerprint density at radius 3 is 2.89 bits per heavy atom. The Bertz CT molecular complexity index is 507. The van der Waals surface area contributed by atoms with Crippen molar-refractivity contribution in [3.8, 4) is 5.75 Å². The number of likely N-dealkylation sites (N-methyl/N-ethyl adjacent to an activating group) is 1. The van der Waals surface area contributed by atoms with Crippen molar-refractivity contribution in [3.63, 3.8) is 0 Å². The van der Waals surface area contributed by atoms with Crippen molar-refractivity contribution >= 4 is 0 Å². The highest BCUT2D eigenvalue weighted by Gasteiger charge is 2.23. The maximum atomic E-state index is 10.3. The zero-order valence-electron chi connectivity index (χ0n) is 11.2. The van der Waals surface area contributed by atoms with Gasteiger partial charge in [-0.3, -0.25) is 9.78 Å². The van der Waals surface area contributed by atoms with E-state index in [4.69, 9.17) is 4.74 Å². The van der Waals surface area contributed by atoms with Crippen LogP contribution in [0.4, 0.5) is 0 Å². The molecule has 0 aliphatic rings. The zero-order chi connectivity index (χ0) is 13.8. The topological polar surface area (TPSA) is 92.1 Å². The normalized spacial score (nSPS) is 12.9. The molecule has 1 unspecified atom stereocenters. The van der Waals surface area contributed by atoms with Crippen LogP contribution < -0.4 is 4.74 Å². The van der Waals surface area contributed by atoms with Gasteiger partial charge in [0.15, 0.2) is 17.7 Å². The lowest BCUT2D eigenvalue weighted by Crippen LogP contribution is -2.21. The SMILES string of the molecule is COc1cnn(CCN(C)C)c1C(O)c1ncn[nH]1. The van der Waals surface area contributed by atoms with Gasteiger partial charge in [0.1, 0.15) is 12.0 Å². The minimum Gasteiger partial charge on any atom is -0.493 e. The number of methoxy groups -OCH3 is 1. The highest BCUT2D eigenvalue weighted by atomic mass is 16.5. The van der Waals surface area contributed by atoms with E-state index in [1.165, 1.54) is 6.33 Å². The number of aliphatic hydroxyl groups excluding tert-OH is 1. The molecule has 0 aliphatic carbocycles. The summed E-state index contributed by atoms with van der Waals surface area (Å²) in [6.07, 6.45) is 2.00. The first-order valence-corrected chi connectivity index (χ1v) is 5.91. The molecule has 0 aromatic carbocycles. The maximum Gasteiger partial charge on any atom is 0.163 e. The summed E-state index contributed by atoms with van der Waals surface area (Å²) in [4.78, 5) is 6.00. The molecule has 8 heteroatoms. The summed E-state index contributed by atoms with van der Waals surface area (Å²) in [7, 11) is 5.50. The summed E-state index contributed by atoms with van der Waals surface area (Å²) in [5.74, 6) is 0.896. The number of aromatic nitrogens is 5. The van der Waals surface area contributed by atoms with Crippen LogP contribution in [0.5, 0.6) is 5.75 Å². The second-order valence-corrected chi connectivity index (χ2v) is 4.40. The molecule has 2 aromatic rings. The van der Waals surface area contributed by atoms with Crippen LogP contribution in [0.25, 0.3) is 0 Å². The van der Waals surface area contributed by atoms with Crippen LogP contribution in [0.3, 0.4) is 0 Å². The highest BCUT2D eigenvalue weighted by molar-refractivity contribution is 5.30. The van der Waals surface area contributed by atoms with Gasteiger partial charge in [-0.1, -0.05) is 0 Å². The number of aliphatic hydroxyl groups is 1. The van der Waals surface area contributed by atoms with Crippen LogP contribution in [0, 0.1) is 0 Å². The van der Waals surface area contributed by atoms with Crippen molar-refractivity contribution in [1.29, 1.82) is 0 Å². The van der Waals surface area contributed by atoms with Crippen molar-refractivity contribution < 1.29 is 9.84 Å². The Hall–Kier alpha value is -1.93. The molecular weight excluding hydrogens is 248 g/mol. The fourth-order valence-electron chi connectivity index (χ4n) is 1.76. The van der Waals surface area contributed by atoms with Crippen LogP contribution in [0.15, 0.2) is 12.5 Å². The summed E-state index contributed by atoms with van der Waals surface area (Å²) < 4.78 is 6.95. The summed E-state index contributed by atoms with van der Waals surface area (Å²) in [5.41, 5.74) is 0.570. The molecule has 2 heterocycles. The number of nitrogens with zero attached hydrogens (tertiary/aromatic N) is 5. The lowest BCUT2D eigenvalue weighted by Gasteiger charge is -2.15. The first-order valence-electron chi connectivity index (χ1n) is 5.91. The Balaban J connectivity index is 2.28. The third-order valence-corrected chi connectivity index (χ3v) is 2.78. The monoisotopic (exact) mass is 266 g/mol. The number of nitrogens with one attached hydrogen (secondary N) is 1. The fourth-order valence-corrected chi connectivity index (χ4v) is 1.76. The molecule has 104 valence electrons. The van der Waals surface area contributed by atoms with E-state index in [0.717, 1.165) is 6.54 Å². The maximum absolute atomic E-state index is 10.3. The standard InChI is InChI=1S/C11H18N6O2/c1-16(2)4-5-17-9(8(19-3)6-14-17)10(18)11-12-7-13-15-11/h6-7,10,18H,4-5H2,1-3H3,(H,12,13,15). The number of aromatic amines is 1. The molecule has 0 spiro atoms. The quantitative estimate of drug-likeness (QED) is 0.742. The van der Waals surface area contributed by atoms with Gasteiger partial charge >= 0.3 is 0 Å². The molecule has 0 radical (unpaired) electrons. The van der Waals surface area contributed by atoms with Gasteiger partial charge in [-0.2, -0.15) is 10.2 Å². The molecule has 0 saturated heterocycles. The van der Waals surface area contributed by atoms with Crippen molar-refractivity contribution in [1.82, 2.24) is 29.9 Å². The van der Waals surface area contributed by atoms with E-state index >= 15 is 0 Å². The van der Waals surface area contributed by atoms with Crippen molar-refractivity contribution in [2.24, 2.45) is 0 Å². The first-order chi connectivity index (χ1) is 9.13. The van der Waals surface area contributed by atoms with Gasteiger partial charge in [0.05, 0.1) is 19.9 Å². The average molecular weight is 266 g/mol. The number of rotatable bonds is 6. The van der Waals surface area contributed by atoms with E-state index in [9.17, 15) is 5.11 Å². The Morgan fingerprint density at radius 1 is 1.53 bits per heavy atom. The predicted molar refractivity (Wildman–Crippen MR) is 67.8 cm³/mol. The molecule has 0 aliphatic heterocycles. The molecule has 19 heavy (non-hydrogen) atoms. The third-order valence-electron chi connectivity index (χ3n) is 2.78. The molecule has 2 N–H and O–H groups in total. The zero-order valence-corrected chi connectivity index (χ0v) is 11.2. The minimum atomic E-state index is -0.942. The van der Waals surface area contributed by atoms with Gasteiger partial charge in [-0.15, -0.1) is 0 Å². The van der Waals surface area contributed by atoms with E-state index in [0.29, 0.717) is 23.8 Å². The summed E-state index contributed by atoms with van der Waals surface area (Å²) in [5, 5.41) is 21.0. The van der Waals surface area contributed by atoms with Gasteiger partial charge in [0.2, 0.25) is 0 Å². The molecule has 2 aromatic heterocycles. The fraction of sp³-hybridized carbons (Fsp3) is 0.545. The van der Waals surface area contributed by atoms with Gasteiger partial charge in [0.25, 0.3) is 0 Å². The summed E-state index contributed by atoms with van der Waals surface area (Å²) in [6, 6.07) is 0. The van der Waals surface area contributed by atoms with Gasteiger partial charge < -0.3 is 14.7 Å². The van der Waals surface area contributed by atoms with E-state index in [1.54, 1.807) is 18.0 Å². The molecular formula is C11H18N6O2. The van der Waals surface area contributed by atoms with Crippen molar-refractivity contribution in [2.45, 2.75) is 12.6 Å². The molecule has 0 bridgehead atoms. The van der Waals surface area contributed by atoms with Crippen LogP contribution in [-0.2, 0) is 6.54 Å². The second-order valence-electron chi connectivity index (χ2n) is 4.40. The van der Waals surface area contributed by atoms with Crippen LogP contribution in [0.2, 0.25) is 0 Å². The van der Waals surface area contributed by atoms with E-state index < -0.39 is 6.10 Å².